The van der Waals surface area contributed by atoms with Crippen molar-refractivity contribution in [2.24, 2.45) is 22.7 Å². The molecule has 0 saturated heterocycles. The summed E-state index contributed by atoms with van der Waals surface area (Å²) in [5.74, 6) is 1.26. The molecular weight excluding hydrogens is 599 g/mol. The van der Waals surface area contributed by atoms with Gasteiger partial charge in [0, 0.05) is 49.5 Å². The van der Waals surface area contributed by atoms with Gasteiger partial charge < -0.3 is 4.90 Å². The van der Waals surface area contributed by atoms with Gasteiger partial charge >= 0.3 is 0 Å². The Kier molecular flexibility index (Phi) is 15.4. The number of carbonyl (C=O) groups excluding carboxylic acids is 1. The van der Waals surface area contributed by atoms with Gasteiger partial charge in [0.1, 0.15) is 0 Å². The standard InChI is InChI=1S/C45H59N3O/c1-6-12-37(31-34(2)3)14-9-7-8-13-36-18-23-39(24-19-36)42-22-17-35(4)43(32-42)44(27-28-47-5)48-29-10-15-40(16-11-30-48)45(49)41-25-20-38(33-46)21-26-41/h8,13-15,18-19,22-24,27-28,32,34,38,41H,4,6-7,9-12,16-17,20-21,25-26,29-31H2,1-3,5H3/b13-8+,37-14+,40-15-,44-27+,47-28-/t38-,41-. The lowest BCUT2D eigenvalue weighted by molar-refractivity contribution is -0.120. The number of hydrogen-bond donors (Lipinski definition) is 0. The Morgan fingerprint density at radius 3 is 2.57 bits per heavy atom. The van der Waals surface area contributed by atoms with Crippen LogP contribution in [0.1, 0.15) is 115 Å². The van der Waals surface area contributed by atoms with Crippen LogP contribution in [0.4, 0.5) is 0 Å². The fourth-order valence-electron chi connectivity index (χ4n) is 7.43. The zero-order chi connectivity index (χ0) is 35.0. The van der Waals surface area contributed by atoms with Crippen molar-refractivity contribution in [3.8, 4) is 6.07 Å². The fraction of sp³-hybridized carbons (Fsp3) is 0.489. The Balaban J connectivity index is 1.41. The van der Waals surface area contributed by atoms with E-state index in [1.807, 2.05) is 13.3 Å². The van der Waals surface area contributed by atoms with E-state index in [4.69, 9.17) is 0 Å². The molecule has 2 aliphatic carbocycles. The van der Waals surface area contributed by atoms with Crippen molar-refractivity contribution < 1.29 is 4.79 Å². The van der Waals surface area contributed by atoms with Crippen LogP contribution < -0.4 is 0 Å². The average Bonchev–Trinajstić information content (AvgIpc) is 3.09. The summed E-state index contributed by atoms with van der Waals surface area (Å²) in [5, 5.41) is 9.25. The predicted octanol–water partition coefficient (Wildman–Crippen LogP) is 11.4. The summed E-state index contributed by atoms with van der Waals surface area (Å²) in [6, 6.07) is 11.3. The minimum absolute atomic E-state index is 0.0920. The highest BCUT2D eigenvalue weighted by molar-refractivity contribution is 5.97. The third kappa shape index (κ3) is 11.6. The molecular formula is C45H59N3O. The van der Waals surface area contributed by atoms with Crippen molar-refractivity contribution in [3.05, 3.63) is 106 Å². The van der Waals surface area contributed by atoms with Gasteiger partial charge in [0.2, 0.25) is 0 Å². The van der Waals surface area contributed by atoms with Crippen molar-refractivity contribution in [2.75, 3.05) is 20.1 Å². The molecule has 4 nitrogen and oxygen atoms in total. The van der Waals surface area contributed by atoms with Gasteiger partial charge in [-0.15, -0.1) is 0 Å². The molecule has 0 spiro atoms. The second-order valence-corrected chi connectivity index (χ2v) is 14.4. The molecule has 0 bridgehead atoms. The third-order valence-electron chi connectivity index (χ3n) is 10.1. The molecule has 1 fully saturated rings. The number of rotatable bonds is 14. The van der Waals surface area contributed by atoms with Gasteiger partial charge in [-0.25, -0.2) is 0 Å². The topological polar surface area (TPSA) is 56.5 Å². The first-order valence-corrected chi connectivity index (χ1v) is 18.9. The predicted molar refractivity (Wildman–Crippen MR) is 209 cm³/mol. The van der Waals surface area contributed by atoms with E-state index in [0.29, 0.717) is 5.78 Å². The first-order valence-electron chi connectivity index (χ1n) is 18.9. The molecule has 0 radical (unpaired) electrons. The number of benzene rings is 1. The minimum Gasteiger partial charge on any atom is -0.371 e. The van der Waals surface area contributed by atoms with Crippen LogP contribution in [0.3, 0.4) is 0 Å². The first-order chi connectivity index (χ1) is 23.8. The Morgan fingerprint density at radius 2 is 1.88 bits per heavy atom. The summed E-state index contributed by atoms with van der Waals surface area (Å²) >= 11 is 0. The monoisotopic (exact) mass is 657 g/mol. The van der Waals surface area contributed by atoms with Crippen LogP contribution in [0.15, 0.2) is 100 Å². The van der Waals surface area contributed by atoms with Gasteiger partial charge in [-0.3, -0.25) is 9.79 Å². The van der Waals surface area contributed by atoms with Crippen molar-refractivity contribution in [1.82, 2.24) is 4.90 Å². The van der Waals surface area contributed by atoms with Crippen LogP contribution in [0.2, 0.25) is 0 Å². The van der Waals surface area contributed by atoms with Crippen molar-refractivity contribution in [3.63, 3.8) is 0 Å². The molecule has 0 amide bonds. The Bertz CT molecular complexity index is 1530. The van der Waals surface area contributed by atoms with E-state index >= 15 is 0 Å². The molecule has 1 aliphatic heterocycles. The van der Waals surface area contributed by atoms with E-state index in [1.165, 1.54) is 41.5 Å². The SMILES string of the molecule is C=C1CC=C(c2ccc(/C=C/CC/C=C(\CCC)CC(C)C)cc2)C=C1/C(=C\C=N/C)N1CC/C=C(\C(=O)[C@H]2CC[C@H](C#N)CC2)CCC1. The van der Waals surface area contributed by atoms with Crippen molar-refractivity contribution in [2.45, 2.75) is 104 Å². The molecule has 260 valence electrons. The molecule has 4 heteroatoms. The van der Waals surface area contributed by atoms with Gasteiger partial charge in [0.05, 0.1) is 6.07 Å². The zero-order valence-corrected chi connectivity index (χ0v) is 30.7. The summed E-state index contributed by atoms with van der Waals surface area (Å²) in [5.41, 5.74) is 9.73. The maximum absolute atomic E-state index is 13.4. The fourth-order valence-corrected chi connectivity index (χ4v) is 7.43. The summed E-state index contributed by atoms with van der Waals surface area (Å²) < 4.78 is 0. The highest BCUT2D eigenvalue weighted by atomic mass is 16.1. The molecule has 0 unspecified atom stereocenters. The molecule has 49 heavy (non-hydrogen) atoms. The highest BCUT2D eigenvalue weighted by Crippen LogP contribution is 2.35. The van der Waals surface area contributed by atoms with E-state index in [0.717, 1.165) is 100 Å². The van der Waals surface area contributed by atoms with Gasteiger partial charge in [0.15, 0.2) is 5.78 Å². The largest absolute Gasteiger partial charge is 0.371 e. The van der Waals surface area contributed by atoms with Crippen LogP contribution in [0.5, 0.6) is 0 Å². The van der Waals surface area contributed by atoms with Crippen LogP contribution >= 0.6 is 0 Å². The molecule has 0 N–H and O–H groups in total. The molecule has 1 aromatic rings. The van der Waals surface area contributed by atoms with Gasteiger partial charge in [0.25, 0.3) is 0 Å². The van der Waals surface area contributed by atoms with Crippen LogP contribution in [-0.2, 0) is 4.79 Å². The maximum atomic E-state index is 13.4. The van der Waals surface area contributed by atoms with E-state index in [9.17, 15) is 10.1 Å². The molecule has 0 aromatic heterocycles. The van der Waals surface area contributed by atoms with Gasteiger partial charge in [-0.1, -0.05) is 94.0 Å². The van der Waals surface area contributed by atoms with E-state index in [2.05, 4.69) is 110 Å². The first kappa shape index (κ1) is 37.8. The lowest BCUT2D eigenvalue weighted by Gasteiger charge is -2.32. The van der Waals surface area contributed by atoms with Gasteiger partial charge in [-0.2, -0.15) is 5.26 Å². The molecule has 3 aliphatic rings. The molecule has 1 aromatic carbocycles. The average molecular weight is 658 g/mol. The Morgan fingerprint density at radius 1 is 1.10 bits per heavy atom. The number of unbranched alkanes of at least 4 members (excludes halogenated alkanes) is 1. The smallest absolute Gasteiger partial charge is 0.161 e. The van der Waals surface area contributed by atoms with Gasteiger partial charge in [-0.05, 0) is 123 Å². The number of ketones is 1. The number of aliphatic imine (C=N–C) groups is 1. The van der Waals surface area contributed by atoms with Crippen LogP contribution in [-0.4, -0.2) is 37.0 Å². The Labute approximate surface area is 297 Å². The number of allylic oxidation sites excluding steroid dienone is 9. The molecule has 4 rings (SSSR count). The Hall–Kier alpha value is -3.97. The summed E-state index contributed by atoms with van der Waals surface area (Å²) in [6.07, 6.45) is 30.4. The number of nitriles is 1. The maximum Gasteiger partial charge on any atom is 0.161 e. The van der Waals surface area contributed by atoms with Crippen LogP contribution in [0, 0.1) is 29.1 Å². The summed E-state index contributed by atoms with van der Waals surface area (Å²) in [4.78, 5) is 20.1. The molecule has 1 heterocycles. The zero-order valence-electron chi connectivity index (χ0n) is 30.7. The van der Waals surface area contributed by atoms with Crippen molar-refractivity contribution >= 4 is 23.6 Å². The normalized spacial score (nSPS) is 22.4. The summed E-state index contributed by atoms with van der Waals surface area (Å²) in [6.45, 7) is 13.1. The minimum atomic E-state index is 0.0920. The summed E-state index contributed by atoms with van der Waals surface area (Å²) in [7, 11) is 1.81. The third-order valence-corrected chi connectivity index (χ3v) is 10.1. The number of carbonyl (C=O) groups is 1. The van der Waals surface area contributed by atoms with Crippen LogP contribution in [0.25, 0.3) is 11.6 Å². The second kappa shape index (κ2) is 19.9. The lowest BCUT2D eigenvalue weighted by atomic mass is 9.78. The highest BCUT2D eigenvalue weighted by Gasteiger charge is 2.28. The van der Waals surface area contributed by atoms with Crippen molar-refractivity contribution in [1.29, 1.82) is 5.26 Å². The molecule has 0 atom stereocenters. The second-order valence-electron chi connectivity index (χ2n) is 14.4. The van der Waals surface area contributed by atoms with E-state index in [1.54, 1.807) is 5.57 Å². The number of nitrogens with zero attached hydrogens (tertiary/aromatic N) is 3. The van der Waals surface area contributed by atoms with E-state index < -0.39 is 0 Å². The molecule has 1 saturated carbocycles. The lowest BCUT2D eigenvalue weighted by Crippen LogP contribution is -2.29. The quantitative estimate of drug-likeness (QED) is 0.114. The number of hydrogen-bond acceptors (Lipinski definition) is 4. The van der Waals surface area contributed by atoms with E-state index in [-0.39, 0.29) is 11.8 Å². The number of Topliss-reactive ketones (excluding diaryl/α,β-unsaturated/α-hetero) is 1.